The van der Waals surface area contributed by atoms with E-state index in [1.54, 1.807) is 66.7 Å². The van der Waals surface area contributed by atoms with Gasteiger partial charge in [-0.25, -0.2) is 4.79 Å². The number of nitrogens with one attached hydrogen (secondary N) is 1. The van der Waals surface area contributed by atoms with E-state index in [9.17, 15) is 19.5 Å². The summed E-state index contributed by atoms with van der Waals surface area (Å²) >= 11 is 0. The Bertz CT molecular complexity index is 1010. The maximum atomic E-state index is 12.4. The zero-order chi connectivity index (χ0) is 19.4. The van der Waals surface area contributed by atoms with Crippen LogP contribution in [0, 0.1) is 0 Å². The molecule has 0 aliphatic rings. The van der Waals surface area contributed by atoms with Gasteiger partial charge in [-0.05, 0) is 42.3 Å². The van der Waals surface area contributed by atoms with Crippen LogP contribution < -0.4 is 5.32 Å². The number of rotatable bonds is 5. The normalized spacial score (nSPS) is 10.3. The van der Waals surface area contributed by atoms with E-state index in [0.717, 1.165) is 11.1 Å². The highest BCUT2D eigenvalue weighted by Crippen LogP contribution is 2.27. The van der Waals surface area contributed by atoms with Crippen LogP contribution in [0.3, 0.4) is 0 Å². The van der Waals surface area contributed by atoms with Gasteiger partial charge in [0.2, 0.25) is 0 Å². The molecule has 0 unspecified atom stereocenters. The average Bonchev–Trinajstić information content (AvgIpc) is 2.68. The number of carbonyl (C=O) groups excluding carboxylic acids is 2. The van der Waals surface area contributed by atoms with Gasteiger partial charge >= 0.3 is 5.97 Å². The fraction of sp³-hybridized carbons (Fsp3) is 0.0455. The third kappa shape index (κ3) is 4.10. The molecule has 0 aromatic heterocycles. The molecule has 1 amide bonds. The second-order valence-electron chi connectivity index (χ2n) is 6.02. The van der Waals surface area contributed by atoms with Crippen molar-refractivity contribution in [1.82, 2.24) is 0 Å². The van der Waals surface area contributed by atoms with Crippen molar-refractivity contribution in [3.63, 3.8) is 0 Å². The highest BCUT2D eigenvalue weighted by Gasteiger charge is 2.15. The largest absolute Gasteiger partial charge is 0.478 e. The zero-order valence-corrected chi connectivity index (χ0v) is 14.6. The van der Waals surface area contributed by atoms with Gasteiger partial charge in [-0.2, -0.15) is 0 Å². The van der Waals surface area contributed by atoms with Gasteiger partial charge in [-0.15, -0.1) is 0 Å². The third-order valence-electron chi connectivity index (χ3n) is 4.16. The molecule has 0 heterocycles. The monoisotopic (exact) mass is 359 g/mol. The number of hydrogen-bond donors (Lipinski definition) is 2. The molecule has 0 fully saturated rings. The minimum atomic E-state index is -1.13. The maximum Gasteiger partial charge on any atom is 0.337 e. The summed E-state index contributed by atoms with van der Waals surface area (Å²) < 4.78 is 0. The van der Waals surface area contributed by atoms with E-state index < -0.39 is 5.97 Å². The first-order valence-corrected chi connectivity index (χ1v) is 8.31. The highest BCUT2D eigenvalue weighted by molar-refractivity contribution is 6.08. The van der Waals surface area contributed by atoms with Gasteiger partial charge in [0.25, 0.3) is 5.91 Å². The second-order valence-corrected chi connectivity index (χ2v) is 6.02. The summed E-state index contributed by atoms with van der Waals surface area (Å²) in [6.07, 6.45) is 0. The van der Waals surface area contributed by atoms with Crippen LogP contribution in [0.25, 0.3) is 11.1 Å². The number of aromatic carboxylic acids is 1. The van der Waals surface area contributed by atoms with Gasteiger partial charge in [-0.3, -0.25) is 9.59 Å². The van der Waals surface area contributed by atoms with Gasteiger partial charge in [-0.1, -0.05) is 48.5 Å². The van der Waals surface area contributed by atoms with Gasteiger partial charge in [0.1, 0.15) is 0 Å². The molecule has 134 valence electrons. The number of carboxylic acid groups (broad SMARTS) is 1. The van der Waals surface area contributed by atoms with Gasteiger partial charge in [0.05, 0.1) is 11.3 Å². The number of amides is 1. The summed E-state index contributed by atoms with van der Waals surface area (Å²) in [4.78, 5) is 35.3. The predicted molar refractivity (Wildman–Crippen MR) is 103 cm³/mol. The number of benzene rings is 3. The Hall–Kier alpha value is -3.73. The van der Waals surface area contributed by atoms with Crippen molar-refractivity contribution in [2.24, 2.45) is 0 Å². The standard InChI is InChI=1S/C22H17NO4/c1-14(24)15-7-9-16(10-8-15)18-11-12-19(22(26)27)20(13-18)23-21(25)17-5-3-2-4-6-17/h2-13H,1H3,(H,23,25)(H,26,27). The first-order valence-electron chi connectivity index (χ1n) is 8.31. The van der Waals surface area contributed by atoms with Crippen molar-refractivity contribution in [3.8, 4) is 11.1 Å². The number of carbonyl (C=O) groups is 3. The molecule has 0 aliphatic heterocycles. The number of carboxylic acids is 1. The van der Waals surface area contributed by atoms with Crippen LogP contribution in [0.15, 0.2) is 72.8 Å². The lowest BCUT2D eigenvalue weighted by molar-refractivity contribution is 0.0697. The first kappa shape index (κ1) is 18.1. The van der Waals surface area contributed by atoms with Gasteiger partial charge in [0, 0.05) is 11.1 Å². The Labute approximate surface area is 156 Å². The van der Waals surface area contributed by atoms with Crippen molar-refractivity contribution >= 4 is 23.3 Å². The summed E-state index contributed by atoms with van der Waals surface area (Å²) in [5, 5.41) is 12.1. The Balaban J connectivity index is 1.96. The van der Waals surface area contributed by atoms with Crippen LogP contribution in [-0.2, 0) is 0 Å². The molecular formula is C22H17NO4. The molecule has 0 bridgehead atoms. The van der Waals surface area contributed by atoms with Crippen LogP contribution in [0.5, 0.6) is 0 Å². The maximum absolute atomic E-state index is 12.4. The number of anilines is 1. The molecule has 27 heavy (non-hydrogen) atoms. The molecule has 5 heteroatoms. The van der Waals surface area contributed by atoms with Crippen molar-refractivity contribution in [2.45, 2.75) is 6.92 Å². The van der Waals surface area contributed by atoms with Crippen LogP contribution in [0.4, 0.5) is 5.69 Å². The van der Waals surface area contributed by atoms with Crippen molar-refractivity contribution in [2.75, 3.05) is 5.32 Å². The van der Waals surface area contributed by atoms with Gasteiger partial charge < -0.3 is 10.4 Å². The highest BCUT2D eigenvalue weighted by atomic mass is 16.4. The predicted octanol–water partition coefficient (Wildman–Crippen LogP) is 4.51. The Morgan fingerprint density at radius 1 is 0.778 bits per heavy atom. The van der Waals surface area contributed by atoms with E-state index in [-0.39, 0.29) is 22.9 Å². The lowest BCUT2D eigenvalue weighted by Crippen LogP contribution is -2.14. The fourth-order valence-corrected chi connectivity index (χ4v) is 2.70. The second kappa shape index (κ2) is 7.66. The molecule has 3 aromatic carbocycles. The van der Waals surface area contributed by atoms with Crippen LogP contribution in [-0.4, -0.2) is 22.8 Å². The molecule has 0 saturated heterocycles. The van der Waals surface area contributed by atoms with Crippen LogP contribution in [0.1, 0.15) is 38.0 Å². The summed E-state index contributed by atoms with van der Waals surface area (Å²) in [5.74, 6) is -1.54. The topological polar surface area (TPSA) is 83.5 Å². The minimum absolute atomic E-state index is 0.00314. The number of Topliss-reactive ketones (excluding diaryl/α,β-unsaturated/α-hetero) is 1. The van der Waals surface area contributed by atoms with Crippen LogP contribution >= 0.6 is 0 Å². The van der Waals surface area contributed by atoms with Crippen molar-refractivity contribution in [3.05, 3.63) is 89.5 Å². The molecule has 0 atom stereocenters. The summed E-state index contributed by atoms with van der Waals surface area (Å²) in [6, 6.07) is 20.3. The van der Waals surface area contributed by atoms with E-state index in [0.29, 0.717) is 11.1 Å². The quantitative estimate of drug-likeness (QED) is 0.657. The first-order chi connectivity index (χ1) is 13.0. The SMILES string of the molecule is CC(=O)c1ccc(-c2ccc(C(=O)O)c(NC(=O)c3ccccc3)c2)cc1. The van der Waals surface area contributed by atoms with Crippen molar-refractivity contribution < 1.29 is 19.5 Å². The van der Waals surface area contributed by atoms with Crippen molar-refractivity contribution in [1.29, 1.82) is 0 Å². The van der Waals surface area contributed by atoms with E-state index in [4.69, 9.17) is 0 Å². The summed E-state index contributed by atoms with van der Waals surface area (Å²) in [5.41, 5.74) is 2.79. The lowest BCUT2D eigenvalue weighted by atomic mass is 10.00. The Morgan fingerprint density at radius 2 is 1.41 bits per heavy atom. The molecule has 5 nitrogen and oxygen atoms in total. The molecule has 0 radical (unpaired) electrons. The molecule has 0 spiro atoms. The van der Waals surface area contributed by atoms with E-state index in [1.165, 1.54) is 13.0 Å². The molecule has 2 N–H and O–H groups in total. The van der Waals surface area contributed by atoms with Crippen LogP contribution in [0.2, 0.25) is 0 Å². The summed E-state index contributed by atoms with van der Waals surface area (Å²) in [6.45, 7) is 1.49. The number of hydrogen-bond acceptors (Lipinski definition) is 3. The lowest BCUT2D eigenvalue weighted by Gasteiger charge is -2.11. The van der Waals surface area contributed by atoms with Gasteiger partial charge in [0.15, 0.2) is 5.78 Å². The zero-order valence-electron chi connectivity index (χ0n) is 14.6. The molecule has 0 aliphatic carbocycles. The van der Waals surface area contributed by atoms with E-state index in [1.807, 2.05) is 0 Å². The van der Waals surface area contributed by atoms with E-state index in [2.05, 4.69) is 5.32 Å². The Morgan fingerprint density at radius 3 is 2.00 bits per heavy atom. The molecule has 0 saturated carbocycles. The molecule has 3 aromatic rings. The minimum Gasteiger partial charge on any atom is -0.478 e. The molecular weight excluding hydrogens is 342 g/mol. The third-order valence-corrected chi connectivity index (χ3v) is 4.16. The summed E-state index contributed by atoms with van der Waals surface area (Å²) in [7, 11) is 0. The fourth-order valence-electron chi connectivity index (χ4n) is 2.70. The average molecular weight is 359 g/mol. The molecule has 3 rings (SSSR count). The smallest absolute Gasteiger partial charge is 0.337 e. The Kier molecular flexibility index (Phi) is 5.13. The van der Waals surface area contributed by atoms with E-state index >= 15 is 0 Å². The number of ketones is 1.